The maximum atomic E-state index is 12.4. The van der Waals surface area contributed by atoms with Crippen LogP contribution in [-0.4, -0.2) is 26.2 Å². The summed E-state index contributed by atoms with van der Waals surface area (Å²) < 4.78 is 16.5. The van der Waals surface area contributed by atoms with Crippen LogP contribution in [0.25, 0.3) is 0 Å². The van der Waals surface area contributed by atoms with Gasteiger partial charge in [0.2, 0.25) is 0 Å². The van der Waals surface area contributed by atoms with Crippen LogP contribution in [-0.2, 0) is 16.1 Å². The number of nitrogens with one attached hydrogen (secondary N) is 2. The number of methoxy groups -OCH3 is 2. The summed E-state index contributed by atoms with van der Waals surface area (Å²) >= 11 is 0. The normalized spacial score (nSPS) is 15.8. The summed E-state index contributed by atoms with van der Waals surface area (Å²) in [6.45, 7) is 6.36. The molecule has 164 valence electrons. The van der Waals surface area contributed by atoms with Crippen molar-refractivity contribution in [2.75, 3.05) is 14.2 Å². The second kappa shape index (κ2) is 9.55. The molecule has 2 N–H and O–H groups in total. The van der Waals surface area contributed by atoms with Gasteiger partial charge in [-0.3, -0.25) is 0 Å². The first-order chi connectivity index (χ1) is 14.9. The SMILES string of the molecule is CCC1=C(C(=O)OC)C(c2ccc(OCc3cc(C)ccc3C)c(OC)c2)NC(=O)N1. The molecular formula is C24H28N2O5. The molecule has 1 aliphatic heterocycles. The average molecular weight is 424 g/mol. The first-order valence-corrected chi connectivity index (χ1v) is 10.1. The van der Waals surface area contributed by atoms with E-state index in [9.17, 15) is 9.59 Å². The molecule has 0 aromatic heterocycles. The Balaban J connectivity index is 1.91. The van der Waals surface area contributed by atoms with Crippen LogP contribution < -0.4 is 20.1 Å². The van der Waals surface area contributed by atoms with E-state index in [1.54, 1.807) is 19.2 Å². The standard InChI is InChI=1S/C24H28N2O5/c1-6-18-21(23(27)30-5)22(26-24(28)25-18)16-9-10-19(20(12-16)29-4)31-13-17-11-14(2)7-8-15(17)3/h7-12,22H,6,13H2,1-5H3,(H2,25,26,28). The number of rotatable bonds is 7. The van der Waals surface area contributed by atoms with Crippen molar-refractivity contribution in [2.45, 2.75) is 39.8 Å². The number of carbonyl (C=O) groups excluding carboxylic acids is 2. The molecule has 0 bridgehead atoms. The molecule has 0 saturated carbocycles. The van der Waals surface area contributed by atoms with E-state index in [1.165, 1.54) is 12.7 Å². The lowest BCUT2D eigenvalue weighted by atomic mass is 9.94. The zero-order chi connectivity index (χ0) is 22.5. The predicted molar refractivity (Wildman–Crippen MR) is 117 cm³/mol. The predicted octanol–water partition coefficient (Wildman–Crippen LogP) is 4.08. The lowest BCUT2D eigenvalue weighted by Crippen LogP contribution is -2.45. The zero-order valence-electron chi connectivity index (χ0n) is 18.5. The fourth-order valence-electron chi connectivity index (χ4n) is 3.59. The number of benzene rings is 2. The van der Waals surface area contributed by atoms with Crippen LogP contribution in [0.5, 0.6) is 11.5 Å². The topological polar surface area (TPSA) is 85.9 Å². The average Bonchev–Trinajstić information content (AvgIpc) is 2.78. The first-order valence-electron chi connectivity index (χ1n) is 10.1. The number of carbonyl (C=O) groups is 2. The lowest BCUT2D eigenvalue weighted by molar-refractivity contribution is -0.136. The third-order valence-electron chi connectivity index (χ3n) is 5.32. The Kier molecular flexibility index (Phi) is 6.84. The van der Waals surface area contributed by atoms with Gasteiger partial charge in [-0.15, -0.1) is 0 Å². The molecule has 7 nitrogen and oxygen atoms in total. The molecule has 1 unspecified atom stereocenters. The van der Waals surface area contributed by atoms with Crippen molar-refractivity contribution in [3.05, 3.63) is 69.9 Å². The van der Waals surface area contributed by atoms with Gasteiger partial charge in [-0.1, -0.05) is 36.8 Å². The molecule has 7 heteroatoms. The zero-order valence-corrected chi connectivity index (χ0v) is 18.5. The molecule has 0 spiro atoms. The fourth-order valence-corrected chi connectivity index (χ4v) is 3.59. The van der Waals surface area contributed by atoms with Crippen molar-refractivity contribution in [1.29, 1.82) is 0 Å². The van der Waals surface area contributed by atoms with Crippen molar-refractivity contribution < 1.29 is 23.8 Å². The molecule has 1 atom stereocenters. The van der Waals surface area contributed by atoms with Gasteiger partial charge in [0.1, 0.15) is 6.61 Å². The van der Waals surface area contributed by atoms with Crippen LogP contribution >= 0.6 is 0 Å². The van der Waals surface area contributed by atoms with Crippen LogP contribution in [0.2, 0.25) is 0 Å². The Labute approximate surface area is 182 Å². The minimum absolute atomic E-state index is 0.371. The number of ether oxygens (including phenoxy) is 3. The number of esters is 1. The van der Waals surface area contributed by atoms with Crippen LogP contribution in [0.3, 0.4) is 0 Å². The van der Waals surface area contributed by atoms with E-state index in [4.69, 9.17) is 14.2 Å². The van der Waals surface area contributed by atoms with E-state index >= 15 is 0 Å². The molecule has 1 heterocycles. The summed E-state index contributed by atoms with van der Waals surface area (Å²) in [5, 5.41) is 5.49. The van der Waals surface area contributed by atoms with Crippen molar-refractivity contribution in [1.82, 2.24) is 10.6 Å². The number of amides is 2. The van der Waals surface area contributed by atoms with Gasteiger partial charge in [-0.05, 0) is 49.1 Å². The summed E-state index contributed by atoms with van der Waals surface area (Å²) in [4.78, 5) is 24.6. The lowest BCUT2D eigenvalue weighted by Gasteiger charge is -2.29. The Morgan fingerprint density at radius 3 is 2.52 bits per heavy atom. The summed E-state index contributed by atoms with van der Waals surface area (Å²) in [6.07, 6.45) is 0.489. The minimum atomic E-state index is -0.655. The first kappa shape index (κ1) is 22.2. The number of hydrogen-bond acceptors (Lipinski definition) is 5. The molecule has 0 aliphatic carbocycles. The van der Waals surface area contributed by atoms with Gasteiger partial charge in [-0.25, -0.2) is 9.59 Å². The maximum Gasteiger partial charge on any atom is 0.337 e. The molecule has 2 aromatic carbocycles. The second-order valence-electron chi connectivity index (χ2n) is 7.40. The van der Waals surface area contributed by atoms with Crippen LogP contribution in [0.15, 0.2) is 47.7 Å². The Bertz CT molecular complexity index is 1030. The highest BCUT2D eigenvalue weighted by molar-refractivity contribution is 5.95. The Morgan fingerprint density at radius 2 is 1.84 bits per heavy atom. The van der Waals surface area contributed by atoms with E-state index in [0.717, 1.165) is 11.1 Å². The molecule has 2 aromatic rings. The summed E-state index contributed by atoms with van der Waals surface area (Å²) in [5.74, 6) is 0.591. The quantitative estimate of drug-likeness (QED) is 0.654. The molecule has 3 rings (SSSR count). The van der Waals surface area contributed by atoms with Crippen molar-refractivity contribution in [3.8, 4) is 11.5 Å². The third kappa shape index (κ3) is 4.82. The molecular weight excluding hydrogens is 396 g/mol. The van der Waals surface area contributed by atoms with E-state index in [1.807, 2.05) is 26.8 Å². The van der Waals surface area contributed by atoms with Crippen molar-refractivity contribution in [2.24, 2.45) is 0 Å². The van der Waals surface area contributed by atoms with E-state index < -0.39 is 12.0 Å². The highest BCUT2D eigenvalue weighted by Crippen LogP contribution is 2.35. The summed E-state index contributed by atoms with van der Waals surface area (Å²) in [6, 6.07) is 10.6. The van der Waals surface area contributed by atoms with Gasteiger partial charge in [-0.2, -0.15) is 0 Å². The maximum absolute atomic E-state index is 12.4. The van der Waals surface area contributed by atoms with Gasteiger partial charge in [0, 0.05) is 5.70 Å². The second-order valence-corrected chi connectivity index (χ2v) is 7.40. The number of aryl methyl sites for hydroxylation is 2. The van der Waals surface area contributed by atoms with Gasteiger partial charge in [0.25, 0.3) is 0 Å². The van der Waals surface area contributed by atoms with Gasteiger partial charge >= 0.3 is 12.0 Å². The van der Waals surface area contributed by atoms with Crippen LogP contribution in [0.1, 0.15) is 41.6 Å². The highest BCUT2D eigenvalue weighted by Gasteiger charge is 2.33. The Hall–Kier alpha value is -3.48. The van der Waals surface area contributed by atoms with Gasteiger partial charge in [0.05, 0.1) is 25.8 Å². The molecule has 0 radical (unpaired) electrons. The largest absolute Gasteiger partial charge is 0.493 e. The van der Waals surface area contributed by atoms with Gasteiger partial charge < -0.3 is 24.8 Å². The molecule has 0 fully saturated rings. The van der Waals surface area contributed by atoms with Gasteiger partial charge in [0.15, 0.2) is 11.5 Å². The minimum Gasteiger partial charge on any atom is -0.493 e. The van der Waals surface area contributed by atoms with E-state index in [0.29, 0.717) is 41.4 Å². The summed E-state index contributed by atoms with van der Waals surface area (Å²) in [7, 11) is 2.88. The van der Waals surface area contributed by atoms with E-state index in [-0.39, 0.29) is 6.03 Å². The number of urea groups is 1. The number of hydrogen-bond donors (Lipinski definition) is 2. The van der Waals surface area contributed by atoms with Crippen LogP contribution in [0, 0.1) is 13.8 Å². The monoisotopic (exact) mass is 424 g/mol. The molecule has 0 saturated heterocycles. The molecule has 2 amide bonds. The van der Waals surface area contributed by atoms with Crippen molar-refractivity contribution in [3.63, 3.8) is 0 Å². The molecule has 1 aliphatic rings. The number of allylic oxidation sites excluding steroid dienone is 1. The highest BCUT2D eigenvalue weighted by atomic mass is 16.5. The Morgan fingerprint density at radius 1 is 1.06 bits per heavy atom. The molecule has 31 heavy (non-hydrogen) atoms. The smallest absolute Gasteiger partial charge is 0.337 e. The van der Waals surface area contributed by atoms with Crippen molar-refractivity contribution >= 4 is 12.0 Å². The van der Waals surface area contributed by atoms with E-state index in [2.05, 4.69) is 28.8 Å². The van der Waals surface area contributed by atoms with Crippen LogP contribution in [0.4, 0.5) is 4.79 Å². The fraction of sp³-hybridized carbons (Fsp3) is 0.333. The third-order valence-corrected chi connectivity index (χ3v) is 5.32. The summed E-state index contributed by atoms with van der Waals surface area (Å²) in [5.41, 5.74) is 5.02.